The molecule has 0 radical (unpaired) electrons. The van der Waals surface area contributed by atoms with Gasteiger partial charge in [-0.15, -0.1) is 0 Å². The van der Waals surface area contributed by atoms with Crippen molar-refractivity contribution in [3.05, 3.63) is 59.8 Å². The summed E-state index contributed by atoms with van der Waals surface area (Å²) in [7, 11) is 0. The summed E-state index contributed by atoms with van der Waals surface area (Å²) in [6.45, 7) is 0. The summed E-state index contributed by atoms with van der Waals surface area (Å²) in [5.74, 6) is 0.580. The Labute approximate surface area is 109 Å². The van der Waals surface area contributed by atoms with Crippen molar-refractivity contribution in [3.63, 3.8) is 0 Å². The first-order valence-electron chi connectivity index (χ1n) is 5.56. The quantitative estimate of drug-likeness (QED) is 0.751. The maximum atomic E-state index is 5.83. The molecule has 4 heteroatoms. The fraction of sp³-hybridized carbons (Fsp3) is 0. The lowest BCUT2D eigenvalue weighted by Crippen LogP contribution is -1.96. The summed E-state index contributed by atoms with van der Waals surface area (Å²) in [5.41, 5.74) is 1.83. The molecule has 2 aromatic carbocycles. The van der Waals surface area contributed by atoms with Crippen LogP contribution < -0.4 is 5.32 Å². The molecule has 0 aliphatic heterocycles. The molecule has 0 amide bonds. The zero-order chi connectivity index (χ0) is 12.4. The Balaban J connectivity index is 1.92. The van der Waals surface area contributed by atoms with Gasteiger partial charge in [0.2, 0.25) is 5.95 Å². The van der Waals surface area contributed by atoms with Gasteiger partial charge in [0.15, 0.2) is 0 Å². The summed E-state index contributed by atoms with van der Waals surface area (Å²) < 4.78 is 0. The molecule has 0 saturated heterocycles. The van der Waals surface area contributed by atoms with Gasteiger partial charge in [-0.3, -0.25) is 0 Å². The standard InChI is InChI=1S/C14H10ClN3/c15-11-5-7-12(8-6-11)17-14-16-9-10-3-1-2-4-13(10)18-14/h1-9H,(H,16,17,18). The Morgan fingerprint density at radius 1 is 0.944 bits per heavy atom. The van der Waals surface area contributed by atoms with Crippen molar-refractivity contribution in [1.29, 1.82) is 0 Å². The van der Waals surface area contributed by atoms with E-state index in [9.17, 15) is 0 Å². The van der Waals surface area contributed by atoms with Crippen molar-refractivity contribution >= 4 is 34.1 Å². The number of hydrogen-bond acceptors (Lipinski definition) is 3. The smallest absolute Gasteiger partial charge is 0.227 e. The molecule has 0 aliphatic carbocycles. The number of para-hydroxylation sites is 1. The molecule has 1 N–H and O–H groups in total. The number of benzene rings is 2. The van der Waals surface area contributed by atoms with Crippen molar-refractivity contribution < 1.29 is 0 Å². The number of rotatable bonds is 2. The highest BCUT2D eigenvalue weighted by atomic mass is 35.5. The molecule has 1 heterocycles. The van der Waals surface area contributed by atoms with Crippen LogP contribution in [0.2, 0.25) is 5.02 Å². The minimum absolute atomic E-state index is 0.580. The summed E-state index contributed by atoms with van der Waals surface area (Å²) in [4.78, 5) is 8.71. The summed E-state index contributed by atoms with van der Waals surface area (Å²) in [6, 6.07) is 15.3. The zero-order valence-corrected chi connectivity index (χ0v) is 10.2. The van der Waals surface area contributed by atoms with E-state index in [-0.39, 0.29) is 0 Å². The molecule has 3 rings (SSSR count). The van der Waals surface area contributed by atoms with Crippen LogP contribution in [-0.4, -0.2) is 9.97 Å². The van der Waals surface area contributed by atoms with Crippen LogP contribution in [0, 0.1) is 0 Å². The Kier molecular flexibility index (Phi) is 2.82. The monoisotopic (exact) mass is 255 g/mol. The molecule has 18 heavy (non-hydrogen) atoms. The fourth-order valence-corrected chi connectivity index (χ4v) is 1.82. The van der Waals surface area contributed by atoms with E-state index >= 15 is 0 Å². The minimum Gasteiger partial charge on any atom is -0.324 e. The van der Waals surface area contributed by atoms with Crippen LogP contribution >= 0.6 is 11.6 Å². The van der Waals surface area contributed by atoms with Gasteiger partial charge in [0.25, 0.3) is 0 Å². The molecule has 0 aliphatic rings. The molecule has 0 atom stereocenters. The molecule has 3 aromatic rings. The molecule has 1 aromatic heterocycles. The largest absolute Gasteiger partial charge is 0.324 e. The first kappa shape index (κ1) is 11.0. The molecule has 0 fully saturated rings. The van der Waals surface area contributed by atoms with E-state index < -0.39 is 0 Å². The number of hydrogen-bond donors (Lipinski definition) is 1. The normalized spacial score (nSPS) is 10.5. The third-order valence-electron chi connectivity index (χ3n) is 2.59. The van der Waals surface area contributed by atoms with E-state index in [4.69, 9.17) is 11.6 Å². The first-order valence-corrected chi connectivity index (χ1v) is 5.93. The maximum absolute atomic E-state index is 5.83. The van der Waals surface area contributed by atoms with E-state index in [2.05, 4.69) is 15.3 Å². The van der Waals surface area contributed by atoms with Crippen molar-refractivity contribution in [3.8, 4) is 0 Å². The lowest BCUT2D eigenvalue weighted by molar-refractivity contribution is 1.21. The van der Waals surface area contributed by atoms with Crippen LogP contribution in [0.25, 0.3) is 10.9 Å². The SMILES string of the molecule is Clc1ccc(Nc2ncc3ccccc3n2)cc1. The first-order chi connectivity index (χ1) is 8.81. The average molecular weight is 256 g/mol. The van der Waals surface area contributed by atoms with Crippen molar-refractivity contribution in [2.75, 3.05) is 5.32 Å². The average Bonchev–Trinajstić information content (AvgIpc) is 2.41. The Bertz CT molecular complexity index is 680. The van der Waals surface area contributed by atoms with Gasteiger partial charge in [0, 0.05) is 22.3 Å². The van der Waals surface area contributed by atoms with Crippen LogP contribution in [0.15, 0.2) is 54.7 Å². The second kappa shape index (κ2) is 4.63. The lowest BCUT2D eigenvalue weighted by Gasteiger charge is -2.05. The summed E-state index contributed by atoms with van der Waals surface area (Å²) in [6.07, 6.45) is 1.81. The Morgan fingerprint density at radius 2 is 1.72 bits per heavy atom. The van der Waals surface area contributed by atoms with Gasteiger partial charge in [-0.05, 0) is 30.3 Å². The highest BCUT2D eigenvalue weighted by Gasteiger charge is 2.00. The van der Waals surface area contributed by atoms with Gasteiger partial charge in [0.1, 0.15) is 0 Å². The second-order valence-corrected chi connectivity index (χ2v) is 4.32. The van der Waals surface area contributed by atoms with Gasteiger partial charge in [-0.2, -0.15) is 0 Å². The van der Waals surface area contributed by atoms with Crippen molar-refractivity contribution in [2.45, 2.75) is 0 Å². The molecule has 0 spiro atoms. The number of halogens is 1. The molecule has 3 nitrogen and oxygen atoms in total. The topological polar surface area (TPSA) is 37.8 Å². The van der Waals surface area contributed by atoms with Gasteiger partial charge < -0.3 is 5.32 Å². The van der Waals surface area contributed by atoms with E-state index in [0.717, 1.165) is 16.6 Å². The van der Waals surface area contributed by atoms with Gasteiger partial charge in [0.05, 0.1) is 5.52 Å². The minimum atomic E-state index is 0.580. The number of fused-ring (bicyclic) bond motifs is 1. The van der Waals surface area contributed by atoms with Gasteiger partial charge >= 0.3 is 0 Å². The zero-order valence-electron chi connectivity index (χ0n) is 9.47. The summed E-state index contributed by atoms with van der Waals surface area (Å²) in [5, 5.41) is 4.88. The molecular formula is C14H10ClN3. The Morgan fingerprint density at radius 3 is 2.56 bits per heavy atom. The Hall–Kier alpha value is -2.13. The fourth-order valence-electron chi connectivity index (χ4n) is 1.69. The van der Waals surface area contributed by atoms with E-state index in [1.807, 2.05) is 48.5 Å². The van der Waals surface area contributed by atoms with Crippen LogP contribution in [0.4, 0.5) is 11.6 Å². The van der Waals surface area contributed by atoms with E-state index in [0.29, 0.717) is 11.0 Å². The summed E-state index contributed by atoms with van der Waals surface area (Å²) >= 11 is 5.83. The van der Waals surface area contributed by atoms with Crippen LogP contribution in [0.1, 0.15) is 0 Å². The number of aromatic nitrogens is 2. The van der Waals surface area contributed by atoms with Crippen LogP contribution in [-0.2, 0) is 0 Å². The highest BCUT2D eigenvalue weighted by Crippen LogP contribution is 2.18. The predicted molar refractivity (Wildman–Crippen MR) is 74.3 cm³/mol. The van der Waals surface area contributed by atoms with Crippen molar-refractivity contribution in [2.24, 2.45) is 0 Å². The number of anilines is 2. The highest BCUT2D eigenvalue weighted by molar-refractivity contribution is 6.30. The van der Waals surface area contributed by atoms with Crippen molar-refractivity contribution in [1.82, 2.24) is 9.97 Å². The lowest BCUT2D eigenvalue weighted by atomic mass is 10.2. The number of nitrogens with one attached hydrogen (secondary N) is 1. The molecule has 88 valence electrons. The molecule has 0 bridgehead atoms. The van der Waals surface area contributed by atoms with Crippen LogP contribution in [0.3, 0.4) is 0 Å². The van der Waals surface area contributed by atoms with E-state index in [1.54, 1.807) is 6.20 Å². The molecular weight excluding hydrogens is 246 g/mol. The van der Waals surface area contributed by atoms with Gasteiger partial charge in [-0.1, -0.05) is 29.8 Å². The third kappa shape index (κ3) is 2.26. The van der Waals surface area contributed by atoms with Gasteiger partial charge in [-0.25, -0.2) is 9.97 Å². The second-order valence-electron chi connectivity index (χ2n) is 3.88. The van der Waals surface area contributed by atoms with E-state index in [1.165, 1.54) is 0 Å². The van der Waals surface area contributed by atoms with Crippen LogP contribution in [0.5, 0.6) is 0 Å². The molecule has 0 saturated carbocycles. The predicted octanol–water partition coefficient (Wildman–Crippen LogP) is 4.03. The third-order valence-corrected chi connectivity index (χ3v) is 2.84. The number of nitrogens with zero attached hydrogens (tertiary/aromatic N) is 2. The molecule has 0 unspecified atom stereocenters. The maximum Gasteiger partial charge on any atom is 0.227 e.